The van der Waals surface area contributed by atoms with Gasteiger partial charge in [0, 0.05) is 22.8 Å². The fourth-order valence-corrected chi connectivity index (χ4v) is 4.82. The summed E-state index contributed by atoms with van der Waals surface area (Å²) in [5, 5.41) is 3.87. The Morgan fingerprint density at radius 1 is 1.39 bits per heavy atom. The number of rotatable bonds is 4. The van der Waals surface area contributed by atoms with Gasteiger partial charge in [0.25, 0.3) is 5.91 Å². The van der Waals surface area contributed by atoms with E-state index in [0.717, 1.165) is 40.0 Å². The van der Waals surface area contributed by atoms with E-state index in [1.54, 1.807) is 7.11 Å². The van der Waals surface area contributed by atoms with E-state index < -0.39 is 0 Å². The lowest BCUT2D eigenvalue weighted by Crippen LogP contribution is -2.14. The van der Waals surface area contributed by atoms with Gasteiger partial charge in [-0.25, -0.2) is 4.98 Å². The lowest BCUT2D eigenvalue weighted by molar-refractivity contribution is 0.103. The summed E-state index contributed by atoms with van der Waals surface area (Å²) in [4.78, 5) is 19.1. The maximum absolute atomic E-state index is 12.9. The minimum Gasteiger partial charge on any atom is -0.497 e. The van der Waals surface area contributed by atoms with Crippen LogP contribution in [0.4, 0.5) is 11.4 Å². The molecule has 6 heteroatoms. The van der Waals surface area contributed by atoms with Crippen LogP contribution in [0.3, 0.4) is 0 Å². The minimum absolute atomic E-state index is 0.207. The van der Waals surface area contributed by atoms with Crippen molar-refractivity contribution in [3.63, 3.8) is 0 Å². The van der Waals surface area contributed by atoms with E-state index in [1.807, 2.05) is 25.1 Å². The molecule has 28 heavy (non-hydrogen) atoms. The highest BCUT2D eigenvalue weighted by molar-refractivity contribution is 7.21. The smallest absolute Gasteiger partial charge is 0.267 e. The average Bonchev–Trinajstić information content (AvgIpc) is 3.03. The number of hydrogen-bond acceptors (Lipinski definition) is 5. The largest absolute Gasteiger partial charge is 0.497 e. The molecule has 0 saturated carbocycles. The molecule has 0 fully saturated rings. The molecule has 1 aliphatic carbocycles. The summed E-state index contributed by atoms with van der Waals surface area (Å²) in [7, 11) is 1.61. The number of methoxy groups -OCH3 is 1. The molecule has 1 aromatic carbocycles. The SMILES string of the molecule is CC[C@@H]1CCc2nc3sc(C(=O)Nc4cc(OC)ccc4C)c(N)c3cc2C1. The van der Waals surface area contributed by atoms with Gasteiger partial charge in [-0.3, -0.25) is 4.79 Å². The second kappa shape index (κ2) is 7.43. The third-order valence-electron chi connectivity index (χ3n) is 5.66. The lowest BCUT2D eigenvalue weighted by Gasteiger charge is -2.22. The fourth-order valence-electron chi connectivity index (χ4n) is 3.82. The Bertz CT molecular complexity index is 1060. The highest BCUT2D eigenvalue weighted by atomic mass is 32.1. The molecule has 2 aromatic heterocycles. The molecule has 3 aromatic rings. The maximum Gasteiger partial charge on any atom is 0.267 e. The Morgan fingerprint density at radius 3 is 2.96 bits per heavy atom. The number of hydrogen-bond donors (Lipinski definition) is 2. The molecule has 4 rings (SSSR count). The summed E-state index contributed by atoms with van der Waals surface area (Å²) < 4.78 is 5.26. The number of aryl methyl sites for hydroxylation is 2. The summed E-state index contributed by atoms with van der Waals surface area (Å²) >= 11 is 1.37. The van der Waals surface area contributed by atoms with Crippen molar-refractivity contribution in [1.82, 2.24) is 4.98 Å². The fraction of sp³-hybridized carbons (Fsp3) is 0.364. The summed E-state index contributed by atoms with van der Waals surface area (Å²) in [6.45, 7) is 4.19. The van der Waals surface area contributed by atoms with Crippen molar-refractivity contribution >= 4 is 38.8 Å². The van der Waals surface area contributed by atoms with Crippen molar-refractivity contribution in [3.8, 4) is 5.75 Å². The molecule has 1 aliphatic rings. The highest BCUT2D eigenvalue weighted by Gasteiger charge is 2.23. The molecule has 0 unspecified atom stereocenters. The first-order chi connectivity index (χ1) is 13.5. The molecule has 3 N–H and O–H groups in total. The van der Waals surface area contributed by atoms with Crippen LogP contribution in [0, 0.1) is 12.8 Å². The zero-order chi connectivity index (χ0) is 19.8. The number of ether oxygens (including phenoxy) is 1. The second-order valence-corrected chi connectivity index (χ2v) is 8.44. The molecule has 0 radical (unpaired) electrons. The summed E-state index contributed by atoms with van der Waals surface area (Å²) in [6, 6.07) is 7.76. The van der Waals surface area contributed by atoms with Gasteiger partial charge in [-0.2, -0.15) is 0 Å². The molecule has 1 amide bonds. The Hall–Kier alpha value is -2.60. The van der Waals surface area contributed by atoms with E-state index in [1.165, 1.54) is 29.7 Å². The summed E-state index contributed by atoms with van der Waals surface area (Å²) in [5.41, 5.74) is 11.0. The number of carbonyl (C=O) groups excluding carboxylic acids is 1. The number of aromatic nitrogens is 1. The molecule has 0 saturated heterocycles. The number of carbonyl (C=O) groups is 1. The van der Waals surface area contributed by atoms with Crippen LogP contribution in [0.1, 0.15) is 46.3 Å². The molecule has 1 atom stereocenters. The van der Waals surface area contributed by atoms with Crippen LogP contribution in [-0.2, 0) is 12.8 Å². The molecule has 0 aliphatic heterocycles. The van der Waals surface area contributed by atoms with E-state index in [-0.39, 0.29) is 5.91 Å². The van der Waals surface area contributed by atoms with Gasteiger partial charge in [-0.15, -0.1) is 11.3 Å². The Kier molecular flexibility index (Phi) is 4.98. The minimum atomic E-state index is -0.207. The van der Waals surface area contributed by atoms with Gasteiger partial charge in [0.15, 0.2) is 0 Å². The first kappa shape index (κ1) is 18.7. The van der Waals surface area contributed by atoms with Crippen molar-refractivity contribution in [2.75, 3.05) is 18.2 Å². The maximum atomic E-state index is 12.9. The molecular weight excluding hydrogens is 370 g/mol. The van der Waals surface area contributed by atoms with Gasteiger partial charge < -0.3 is 15.8 Å². The predicted octanol–water partition coefficient (Wildman–Crippen LogP) is 4.96. The molecule has 0 bridgehead atoms. The zero-order valence-electron chi connectivity index (χ0n) is 16.5. The number of nitrogen functional groups attached to an aromatic ring is 1. The first-order valence-corrected chi connectivity index (χ1v) is 10.5. The number of amides is 1. The lowest BCUT2D eigenvalue weighted by atomic mass is 9.85. The third-order valence-corrected chi connectivity index (χ3v) is 6.78. The standard InChI is InChI=1S/C22H25N3O2S/c1-4-13-6-8-17-14(9-13)10-16-19(23)20(28-22(16)25-17)21(26)24-18-11-15(27-3)7-5-12(18)2/h5,7,10-11,13H,4,6,8-9,23H2,1-3H3,(H,24,26)/t13-/m1/s1. The first-order valence-electron chi connectivity index (χ1n) is 9.66. The number of nitrogens with zero attached hydrogens (tertiary/aromatic N) is 1. The van der Waals surface area contributed by atoms with E-state index >= 15 is 0 Å². The van der Waals surface area contributed by atoms with E-state index in [0.29, 0.717) is 22.2 Å². The molecule has 2 heterocycles. The summed E-state index contributed by atoms with van der Waals surface area (Å²) in [5.74, 6) is 1.21. The van der Waals surface area contributed by atoms with Crippen LogP contribution in [0.2, 0.25) is 0 Å². The number of nitrogens with two attached hydrogens (primary N) is 1. The van der Waals surface area contributed by atoms with Crippen LogP contribution in [0.15, 0.2) is 24.3 Å². The molecule has 0 spiro atoms. The van der Waals surface area contributed by atoms with Crippen molar-refractivity contribution in [2.24, 2.45) is 5.92 Å². The quantitative estimate of drug-likeness (QED) is 0.654. The number of nitrogens with one attached hydrogen (secondary N) is 1. The van der Waals surface area contributed by atoms with Gasteiger partial charge in [0.2, 0.25) is 0 Å². The number of benzene rings is 1. The van der Waals surface area contributed by atoms with Gasteiger partial charge in [-0.1, -0.05) is 19.4 Å². The van der Waals surface area contributed by atoms with Crippen LogP contribution in [0.5, 0.6) is 5.75 Å². The normalized spacial score (nSPS) is 16.0. The Labute approximate surface area is 168 Å². The Balaban J connectivity index is 1.67. The Morgan fingerprint density at radius 2 is 2.21 bits per heavy atom. The molecule has 146 valence electrons. The van der Waals surface area contributed by atoms with Crippen LogP contribution in [0.25, 0.3) is 10.2 Å². The number of anilines is 2. The van der Waals surface area contributed by atoms with Crippen molar-refractivity contribution in [3.05, 3.63) is 46.0 Å². The topological polar surface area (TPSA) is 77.2 Å². The predicted molar refractivity (Wildman–Crippen MR) is 116 cm³/mol. The zero-order valence-corrected chi connectivity index (χ0v) is 17.3. The van der Waals surface area contributed by atoms with Crippen molar-refractivity contribution in [1.29, 1.82) is 0 Å². The molecular formula is C22H25N3O2S. The van der Waals surface area contributed by atoms with Crippen LogP contribution < -0.4 is 15.8 Å². The summed E-state index contributed by atoms with van der Waals surface area (Å²) in [6.07, 6.45) is 4.43. The second-order valence-electron chi connectivity index (χ2n) is 7.44. The van der Waals surface area contributed by atoms with Crippen LogP contribution in [-0.4, -0.2) is 18.0 Å². The number of thiophene rings is 1. The van der Waals surface area contributed by atoms with Gasteiger partial charge in [0.1, 0.15) is 15.5 Å². The highest BCUT2D eigenvalue weighted by Crippen LogP contribution is 2.37. The monoisotopic (exact) mass is 395 g/mol. The third kappa shape index (κ3) is 3.33. The van der Waals surface area contributed by atoms with Gasteiger partial charge in [0.05, 0.1) is 12.8 Å². The number of fused-ring (bicyclic) bond motifs is 2. The van der Waals surface area contributed by atoms with Gasteiger partial charge in [-0.05, 0) is 55.4 Å². The van der Waals surface area contributed by atoms with Crippen LogP contribution >= 0.6 is 11.3 Å². The van der Waals surface area contributed by atoms with Gasteiger partial charge >= 0.3 is 0 Å². The number of pyridine rings is 1. The van der Waals surface area contributed by atoms with Crippen molar-refractivity contribution in [2.45, 2.75) is 39.5 Å². The molecule has 5 nitrogen and oxygen atoms in total. The average molecular weight is 396 g/mol. The van der Waals surface area contributed by atoms with E-state index in [4.69, 9.17) is 15.5 Å². The van der Waals surface area contributed by atoms with Crippen molar-refractivity contribution < 1.29 is 9.53 Å². The van der Waals surface area contributed by atoms with E-state index in [9.17, 15) is 4.79 Å². The van der Waals surface area contributed by atoms with E-state index in [2.05, 4.69) is 18.3 Å².